The van der Waals surface area contributed by atoms with E-state index in [2.05, 4.69) is 4.90 Å². The van der Waals surface area contributed by atoms with E-state index in [1.807, 2.05) is 61.6 Å². The number of rotatable bonds is 4. The van der Waals surface area contributed by atoms with Crippen LogP contribution < -0.4 is 14.5 Å². The lowest BCUT2D eigenvalue weighted by Crippen LogP contribution is -2.42. The fourth-order valence-corrected chi connectivity index (χ4v) is 4.02. The van der Waals surface area contributed by atoms with Gasteiger partial charge in [-0.3, -0.25) is 4.79 Å². The normalized spacial score (nSPS) is 13.2. The molecule has 0 aromatic heterocycles. The highest BCUT2D eigenvalue weighted by Crippen LogP contribution is 2.37. The van der Waals surface area contributed by atoms with E-state index in [-0.39, 0.29) is 5.91 Å². The molecule has 1 heterocycles. The van der Waals surface area contributed by atoms with Crippen molar-refractivity contribution in [1.82, 2.24) is 0 Å². The van der Waals surface area contributed by atoms with E-state index in [1.165, 1.54) is 0 Å². The Bertz CT molecular complexity index is 1020. The van der Waals surface area contributed by atoms with Crippen LogP contribution in [0.15, 0.2) is 66.7 Å². The molecule has 0 atom stereocenters. The van der Waals surface area contributed by atoms with Crippen LogP contribution in [0.5, 0.6) is 5.75 Å². The molecule has 3 aromatic rings. The first-order valence-electron chi connectivity index (χ1n) is 9.32. The SMILES string of the molecule is CN1CCN(C(=O)c2cc(Cl)c(OCc3ccccc3)c(Cl)c2)c2ccccc21. The zero-order chi connectivity index (χ0) is 20.4. The minimum absolute atomic E-state index is 0.135. The maximum Gasteiger partial charge on any atom is 0.258 e. The molecule has 148 valence electrons. The largest absolute Gasteiger partial charge is 0.486 e. The molecule has 4 rings (SSSR count). The Morgan fingerprint density at radius 1 is 0.931 bits per heavy atom. The van der Waals surface area contributed by atoms with Crippen LogP contribution in [0.4, 0.5) is 11.4 Å². The van der Waals surface area contributed by atoms with Gasteiger partial charge in [0.1, 0.15) is 6.61 Å². The molecule has 0 saturated carbocycles. The number of amides is 1. The number of nitrogens with zero attached hydrogens (tertiary/aromatic N) is 2. The Morgan fingerprint density at radius 2 is 1.55 bits per heavy atom. The van der Waals surface area contributed by atoms with Crippen molar-refractivity contribution in [3.8, 4) is 5.75 Å². The van der Waals surface area contributed by atoms with E-state index in [1.54, 1.807) is 17.0 Å². The van der Waals surface area contributed by atoms with Gasteiger partial charge in [-0.15, -0.1) is 0 Å². The number of likely N-dealkylation sites (N-methyl/N-ethyl adjacent to an activating group) is 1. The van der Waals surface area contributed by atoms with Crippen molar-refractivity contribution in [3.63, 3.8) is 0 Å². The summed E-state index contributed by atoms with van der Waals surface area (Å²) in [6, 6.07) is 20.9. The van der Waals surface area contributed by atoms with Crippen LogP contribution in [0.25, 0.3) is 0 Å². The summed E-state index contributed by atoms with van der Waals surface area (Å²) in [4.78, 5) is 17.1. The quantitative estimate of drug-likeness (QED) is 0.538. The van der Waals surface area contributed by atoms with Crippen molar-refractivity contribution in [1.29, 1.82) is 0 Å². The Kier molecular flexibility index (Phi) is 5.65. The molecule has 4 nitrogen and oxygen atoms in total. The van der Waals surface area contributed by atoms with Gasteiger partial charge in [0.05, 0.1) is 21.4 Å². The minimum Gasteiger partial charge on any atom is -0.486 e. The van der Waals surface area contributed by atoms with E-state index in [9.17, 15) is 4.79 Å². The maximum atomic E-state index is 13.2. The number of benzene rings is 3. The molecular weight excluding hydrogens is 407 g/mol. The average molecular weight is 427 g/mol. The van der Waals surface area contributed by atoms with Gasteiger partial charge in [0.2, 0.25) is 0 Å². The van der Waals surface area contributed by atoms with E-state index < -0.39 is 0 Å². The summed E-state index contributed by atoms with van der Waals surface area (Å²) < 4.78 is 5.81. The number of para-hydroxylation sites is 2. The standard InChI is InChI=1S/C23H20Cl2N2O2/c1-26-11-12-27(21-10-6-5-9-20(21)26)23(28)17-13-18(24)22(19(25)14-17)29-15-16-7-3-2-4-8-16/h2-10,13-14H,11-12,15H2,1H3. The lowest BCUT2D eigenvalue weighted by atomic mass is 10.1. The molecule has 0 bridgehead atoms. The third kappa shape index (κ3) is 4.04. The first-order chi connectivity index (χ1) is 14.0. The summed E-state index contributed by atoms with van der Waals surface area (Å²) in [5.41, 5.74) is 3.34. The number of fused-ring (bicyclic) bond motifs is 1. The Labute approximate surface area is 180 Å². The Balaban J connectivity index is 1.58. The molecule has 1 aliphatic rings. The lowest BCUT2D eigenvalue weighted by molar-refractivity contribution is 0.0986. The van der Waals surface area contributed by atoms with Gasteiger partial charge in [0.25, 0.3) is 5.91 Å². The number of anilines is 2. The second-order valence-electron chi connectivity index (χ2n) is 6.91. The zero-order valence-corrected chi connectivity index (χ0v) is 17.5. The van der Waals surface area contributed by atoms with E-state index in [0.717, 1.165) is 23.5 Å². The molecule has 0 unspecified atom stereocenters. The van der Waals surface area contributed by atoms with Crippen LogP contribution in [-0.2, 0) is 6.61 Å². The van der Waals surface area contributed by atoms with Gasteiger partial charge < -0.3 is 14.5 Å². The van der Waals surface area contributed by atoms with Gasteiger partial charge in [0, 0.05) is 25.7 Å². The monoisotopic (exact) mass is 426 g/mol. The first kappa shape index (κ1) is 19.6. The number of hydrogen-bond donors (Lipinski definition) is 0. The third-order valence-corrected chi connectivity index (χ3v) is 5.52. The fraction of sp³-hybridized carbons (Fsp3) is 0.174. The van der Waals surface area contributed by atoms with Gasteiger partial charge in [-0.1, -0.05) is 65.7 Å². The molecule has 1 amide bonds. The van der Waals surface area contributed by atoms with Crippen molar-refractivity contribution < 1.29 is 9.53 Å². The Morgan fingerprint density at radius 3 is 2.24 bits per heavy atom. The summed E-state index contributed by atoms with van der Waals surface area (Å²) in [6.07, 6.45) is 0. The molecule has 6 heteroatoms. The van der Waals surface area contributed by atoms with Crippen molar-refractivity contribution in [3.05, 3.63) is 87.9 Å². The fourth-order valence-electron chi connectivity index (χ4n) is 3.42. The van der Waals surface area contributed by atoms with E-state index >= 15 is 0 Å². The number of hydrogen-bond acceptors (Lipinski definition) is 3. The number of carbonyl (C=O) groups excluding carboxylic acids is 1. The van der Waals surface area contributed by atoms with Gasteiger partial charge in [-0.05, 0) is 29.8 Å². The predicted octanol–water partition coefficient (Wildman–Crippen LogP) is 5.67. The van der Waals surface area contributed by atoms with E-state index in [4.69, 9.17) is 27.9 Å². The minimum atomic E-state index is -0.135. The van der Waals surface area contributed by atoms with Crippen LogP contribution in [-0.4, -0.2) is 26.0 Å². The zero-order valence-electron chi connectivity index (χ0n) is 15.9. The van der Waals surface area contributed by atoms with Crippen LogP contribution in [0.2, 0.25) is 10.0 Å². The molecule has 0 N–H and O–H groups in total. The first-order valence-corrected chi connectivity index (χ1v) is 10.1. The van der Waals surface area contributed by atoms with Crippen LogP contribution >= 0.6 is 23.2 Å². The Hall–Kier alpha value is -2.69. The molecular formula is C23H20Cl2N2O2. The average Bonchev–Trinajstić information content (AvgIpc) is 2.74. The van der Waals surface area contributed by atoms with Crippen LogP contribution in [0.1, 0.15) is 15.9 Å². The van der Waals surface area contributed by atoms with Crippen molar-refractivity contribution in [2.24, 2.45) is 0 Å². The molecule has 0 fully saturated rings. The molecule has 0 saturated heterocycles. The second-order valence-corrected chi connectivity index (χ2v) is 7.72. The van der Waals surface area contributed by atoms with Gasteiger partial charge in [-0.25, -0.2) is 0 Å². The summed E-state index contributed by atoms with van der Waals surface area (Å²) in [6.45, 7) is 1.69. The summed E-state index contributed by atoms with van der Waals surface area (Å²) >= 11 is 12.8. The van der Waals surface area contributed by atoms with Crippen LogP contribution in [0, 0.1) is 0 Å². The third-order valence-electron chi connectivity index (χ3n) is 4.96. The van der Waals surface area contributed by atoms with Crippen molar-refractivity contribution in [2.75, 3.05) is 29.9 Å². The van der Waals surface area contributed by atoms with Gasteiger partial charge in [-0.2, -0.15) is 0 Å². The van der Waals surface area contributed by atoms with Crippen molar-refractivity contribution in [2.45, 2.75) is 6.61 Å². The predicted molar refractivity (Wildman–Crippen MR) is 119 cm³/mol. The molecule has 0 radical (unpaired) electrons. The molecule has 3 aromatic carbocycles. The lowest BCUT2D eigenvalue weighted by Gasteiger charge is -2.35. The highest BCUT2D eigenvalue weighted by Gasteiger charge is 2.26. The topological polar surface area (TPSA) is 32.8 Å². The highest BCUT2D eigenvalue weighted by atomic mass is 35.5. The molecule has 29 heavy (non-hydrogen) atoms. The van der Waals surface area contributed by atoms with E-state index in [0.29, 0.717) is 34.5 Å². The van der Waals surface area contributed by atoms with Gasteiger partial charge in [0.15, 0.2) is 5.75 Å². The van der Waals surface area contributed by atoms with Crippen LogP contribution in [0.3, 0.4) is 0 Å². The second kappa shape index (κ2) is 8.36. The van der Waals surface area contributed by atoms with Crippen molar-refractivity contribution >= 4 is 40.5 Å². The summed E-state index contributed by atoms with van der Waals surface area (Å²) in [5.74, 6) is 0.247. The van der Waals surface area contributed by atoms with Gasteiger partial charge >= 0.3 is 0 Å². The maximum absolute atomic E-state index is 13.2. The molecule has 0 spiro atoms. The number of carbonyl (C=O) groups is 1. The smallest absolute Gasteiger partial charge is 0.258 e. The number of ether oxygens (including phenoxy) is 1. The summed E-state index contributed by atoms with van der Waals surface area (Å²) in [7, 11) is 2.02. The highest BCUT2D eigenvalue weighted by molar-refractivity contribution is 6.38. The summed E-state index contributed by atoms with van der Waals surface area (Å²) in [5, 5.41) is 0.637. The number of halogens is 2. The molecule has 1 aliphatic heterocycles. The molecule has 0 aliphatic carbocycles.